The molecule has 4 aromatic rings. The number of benzene rings is 1. The number of carbonyl (C=O) groups excluding carboxylic acids is 1. The molecule has 0 saturated carbocycles. The number of amides is 1. The SMILES string of the molecule is Cc1cc(C)c2nc(N(Cc3ccco3)C(=O)C3CCCCN3S(=O)(=O)c3ccc(Cl)s3)sc2c1. The van der Waals surface area contributed by atoms with Gasteiger partial charge in [-0.25, -0.2) is 13.4 Å². The maximum Gasteiger partial charge on any atom is 0.253 e. The van der Waals surface area contributed by atoms with E-state index in [2.05, 4.69) is 12.1 Å². The minimum atomic E-state index is -3.87. The number of sulfonamides is 1. The summed E-state index contributed by atoms with van der Waals surface area (Å²) in [6.45, 7) is 4.47. The molecule has 35 heavy (non-hydrogen) atoms. The molecule has 1 aliphatic heterocycles. The fraction of sp³-hybridized carbons (Fsp3) is 0.333. The van der Waals surface area contributed by atoms with E-state index in [1.54, 1.807) is 29.4 Å². The smallest absolute Gasteiger partial charge is 0.253 e. The fourth-order valence-electron chi connectivity index (χ4n) is 4.44. The van der Waals surface area contributed by atoms with E-state index in [1.165, 1.54) is 21.7 Å². The third-order valence-corrected chi connectivity index (χ3v) is 10.7. The molecule has 1 aromatic carbocycles. The van der Waals surface area contributed by atoms with Gasteiger partial charge in [0.2, 0.25) is 5.91 Å². The quantitative estimate of drug-likeness (QED) is 0.294. The summed E-state index contributed by atoms with van der Waals surface area (Å²) in [4.78, 5) is 20.4. The van der Waals surface area contributed by atoms with Gasteiger partial charge in [0.15, 0.2) is 5.13 Å². The third-order valence-electron chi connectivity index (χ3n) is 6.06. The lowest BCUT2D eigenvalue weighted by molar-refractivity contribution is -0.123. The highest BCUT2D eigenvalue weighted by Gasteiger charge is 2.41. The van der Waals surface area contributed by atoms with Crippen LogP contribution in [0.2, 0.25) is 4.34 Å². The van der Waals surface area contributed by atoms with Gasteiger partial charge < -0.3 is 4.42 Å². The van der Waals surface area contributed by atoms with Gasteiger partial charge in [-0.05, 0) is 68.1 Å². The van der Waals surface area contributed by atoms with Crippen LogP contribution in [0.5, 0.6) is 0 Å². The number of aromatic nitrogens is 1. The maximum atomic E-state index is 14.1. The largest absolute Gasteiger partial charge is 0.467 e. The highest BCUT2D eigenvalue weighted by Crippen LogP contribution is 2.36. The first-order valence-corrected chi connectivity index (χ1v) is 14.7. The average molecular weight is 550 g/mol. The number of thiazole rings is 1. The van der Waals surface area contributed by atoms with Gasteiger partial charge in [-0.3, -0.25) is 9.69 Å². The van der Waals surface area contributed by atoms with Crippen LogP contribution in [-0.4, -0.2) is 36.2 Å². The molecule has 1 fully saturated rings. The van der Waals surface area contributed by atoms with Crippen molar-refractivity contribution >= 4 is 65.6 Å². The molecule has 184 valence electrons. The number of piperidine rings is 1. The average Bonchev–Trinajstić information content (AvgIpc) is 3.58. The molecule has 1 atom stereocenters. The summed E-state index contributed by atoms with van der Waals surface area (Å²) in [5.41, 5.74) is 2.99. The zero-order valence-corrected chi connectivity index (χ0v) is 22.4. The number of carbonyl (C=O) groups is 1. The minimum absolute atomic E-state index is 0.144. The first-order valence-electron chi connectivity index (χ1n) is 11.2. The summed E-state index contributed by atoms with van der Waals surface area (Å²) in [5, 5.41) is 0.525. The Morgan fingerprint density at radius 1 is 1.23 bits per heavy atom. The summed E-state index contributed by atoms with van der Waals surface area (Å²) in [6, 6.07) is 9.91. The Hall–Kier alpha value is -2.24. The molecule has 0 spiro atoms. The van der Waals surface area contributed by atoms with Gasteiger partial charge in [-0.2, -0.15) is 4.31 Å². The molecule has 11 heteroatoms. The first kappa shape index (κ1) is 24.5. The molecule has 0 bridgehead atoms. The standard InChI is InChI=1S/C24H24ClN3O4S3/c1-15-12-16(2)22-19(13-15)33-24(26-22)27(14-17-6-5-11-32-17)23(29)18-7-3-4-10-28(18)35(30,31)21-9-8-20(25)34-21/h5-6,8-9,11-13,18H,3-4,7,10,14H2,1-2H3. The molecule has 1 amide bonds. The number of halogens is 1. The van der Waals surface area contributed by atoms with Crippen LogP contribution < -0.4 is 4.90 Å². The topological polar surface area (TPSA) is 83.7 Å². The lowest BCUT2D eigenvalue weighted by Gasteiger charge is -2.35. The lowest BCUT2D eigenvalue weighted by Crippen LogP contribution is -2.52. The van der Waals surface area contributed by atoms with E-state index >= 15 is 0 Å². The zero-order valence-electron chi connectivity index (χ0n) is 19.2. The second kappa shape index (κ2) is 9.67. The van der Waals surface area contributed by atoms with Crippen LogP contribution in [0.15, 0.2) is 51.3 Å². The number of hydrogen-bond donors (Lipinski definition) is 0. The van der Waals surface area contributed by atoms with Gasteiger partial charge in [-0.15, -0.1) is 11.3 Å². The summed E-state index contributed by atoms with van der Waals surface area (Å²) in [6.07, 6.45) is 3.46. The van der Waals surface area contributed by atoms with E-state index in [4.69, 9.17) is 21.0 Å². The predicted octanol–water partition coefficient (Wildman–Crippen LogP) is 6.00. The second-order valence-electron chi connectivity index (χ2n) is 8.61. The molecule has 1 saturated heterocycles. The summed E-state index contributed by atoms with van der Waals surface area (Å²) in [7, 11) is -3.87. The molecular weight excluding hydrogens is 526 g/mol. The molecule has 4 heterocycles. The Bertz CT molecular complexity index is 1480. The number of furan rings is 1. The van der Waals surface area contributed by atoms with Gasteiger partial charge in [0, 0.05) is 6.54 Å². The van der Waals surface area contributed by atoms with Crippen LogP contribution in [0.3, 0.4) is 0 Å². The molecule has 7 nitrogen and oxygen atoms in total. The Balaban J connectivity index is 1.55. The van der Waals surface area contributed by atoms with Crippen molar-refractivity contribution in [1.82, 2.24) is 9.29 Å². The first-order chi connectivity index (χ1) is 16.7. The number of fused-ring (bicyclic) bond motifs is 1. The van der Waals surface area contributed by atoms with Gasteiger partial charge in [0.1, 0.15) is 16.0 Å². The Morgan fingerprint density at radius 3 is 2.77 bits per heavy atom. The lowest BCUT2D eigenvalue weighted by atomic mass is 10.0. The molecule has 1 aliphatic rings. The minimum Gasteiger partial charge on any atom is -0.467 e. The highest BCUT2D eigenvalue weighted by molar-refractivity contribution is 7.91. The summed E-state index contributed by atoms with van der Waals surface area (Å²) >= 11 is 8.45. The third kappa shape index (κ3) is 4.77. The van der Waals surface area contributed by atoms with E-state index in [1.807, 2.05) is 13.8 Å². The monoisotopic (exact) mass is 549 g/mol. The number of anilines is 1. The number of aryl methyl sites for hydroxylation is 2. The molecule has 3 aromatic heterocycles. The van der Waals surface area contributed by atoms with Crippen LogP contribution in [0, 0.1) is 13.8 Å². The van der Waals surface area contributed by atoms with Crippen molar-refractivity contribution in [2.75, 3.05) is 11.4 Å². The van der Waals surface area contributed by atoms with Gasteiger partial charge in [0.25, 0.3) is 10.0 Å². The van der Waals surface area contributed by atoms with Crippen LogP contribution in [-0.2, 0) is 21.4 Å². The van der Waals surface area contributed by atoms with E-state index in [-0.39, 0.29) is 23.2 Å². The van der Waals surface area contributed by atoms with Crippen molar-refractivity contribution in [3.63, 3.8) is 0 Å². The highest BCUT2D eigenvalue weighted by atomic mass is 35.5. The van der Waals surface area contributed by atoms with Crippen LogP contribution in [0.25, 0.3) is 10.2 Å². The van der Waals surface area contributed by atoms with E-state index in [9.17, 15) is 13.2 Å². The van der Waals surface area contributed by atoms with Crippen molar-refractivity contribution in [2.24, 2.45) is 0 Å². The molecule has 1 unspecified atom stereocenters. The normalized spacial score (nSPS) is 17.2. The van der Waals surface area contributed by atoms with Crippen LogP contribution in [0.4, 0.5) is 5.13 Å². The Kier molecular flexibility index (Phi) is 6.75. The second-order valence-corrected chi connectivity index (χ2v) is 13.5. The maximum absolute atomic E-state index is 14.1. The molecule has 0 radical (unpaired) electrons. The van der Waals surface area contributed by atoms with Crippen molar-refractivity contribution in [3.05, 3.63) is 63.9 Å². The van der Waals surface area contributed by atoms with E-state index in [0.717, 1.165) is 39.1 Å². The summed E-state index contributed by atoms with van der Waals surface area (Å²) < 4.78 is 35.4. The van der Waals surface area contributed by atoms with Crippen molar-refractivity contribution in [3.8, 4) is 0 Å². The summed E-state index contributed by atoms with van der Waals surface area (Å²) in [5.74, 6) is 0.293. The number of rotatable bonds is 6. The Morgan fingerprint density at radius 2 is 2.06 bits per heavy atom. The van der Waals surface area contributed by atoms with Crippen molar-refractivity contribution < 1.29 is 17.6 Å². The number of hydrogen-bond acceptors (Lipinski definition) is 7. The molecule has 0 aliphatic carbocycles. The van der Waals surface area contributed by atoms with Crippen LogP contribution in [0.1, 0.15) is 36.1 Å². The van der Waals surface area contributed by atoms with Crippen molar-refractivity contribution in [1.29, 1.82) is 0 Å². The predicted molar refractivity (Wildman–Crippen MR) is 140 cm³/mol. The van der Waals surface area contributed by atoms with Crippen molar-refractivity contribution in [2.45, 2.75) is 49.9 Å². The zero-order chi connectivity index (χ0) is 24.7. The van der Waals surface area contributed by atoms with E-state index < -0.39 is 16.1 Å². The molecule has 0 N–H and O–H groups in total. The van der Waals surface area contributed by atoms with E-state index in [0.29, 0.717) is 28.1 Å². The molecular formula is C24H24ClN3O4S3. The van der Waals surface area contributed by atoms with Gasteiger partial charge >= 0.3 is 0 Å². The Labute approximate surface area is 217 Å². The number of nitrogens with zero attached hydrogens (tertiary/aromatic N) is 3. The molecule has 5 rings (SSSR count). The van der Waals surface area contributed by atoms with Crippen LogP contribution >= 0.6 is 34.3 Å². The van der Waals surface area contributed by atoms with Gasteiger partial charge in [0.05, 0.1) is 27.4 Å². The number of thiophene rings is 1. The van der Waals surface area contributed by atoms with Gasteiger partial charge in [-0.1, -0.05) is 35.4 Å². The fourth-order valence-corrected chi connectivity index (χ4v) is 8.85.